The van der Waals surface area contributed by atoms with Crippen molar-refractivity contribution in [2.75, 3.05) is 20.1 Å². The van der Waals surface area contributed by atoms with Crippen LogP contribution >= 0.6 is 0 Å². The molecule has 3 aromatic rings. The third-order valence-corrected chi connectivity index (χ3v) is 6.24. The number of carbonyl (C=O) groups excluding carboxylic acids is 2. The molecule has 1 saturated heterocycles. The highest BCUT2D eigenvalue weighted by atomic mass is 16.3. The van der Waals surface area contributed by atoms with Crippen molar-refractivity contribution in [1.82, 2.24) is 15.1 Å². The molecular weight excluding hydrogens is 468 g/mol. The number of aryl methyl sites for hydroxylation is 1. The van der Waals surface area contributed by atoms with Gasteiger partial charge in [0.05, 0.1) is 18.2 Å². The van der Waals surface area contributed by atoms with E-state index < -0.39 is 5.92 Å². The van der Waals surface area contributed by atoms with Crippen molar-refractivity contribution in [3.8, 4) is 6.19 Å². The summed E-state index contributed by atoms with van der Waals surface area (Å²) in [5.41, 5.74) is 2.39. The molecule has 0 radical (unpaired) electrons. The summed E-state index contributed by atoms with van der Waals surface area (Å²) in [6.07, 6.45) is 5.65. The number of aliphatic imine (C=N–C) groups is 2. The number of nitrogens with zero attached hydrogens (tertiary/aromatic N) is 5. The Bertz CT molecular complexity index is 1360. The summed E-state index contributed by atoms with van der Waals surface area (Å²) in [5.74, 6) is 0.122. The van der Waals surface area contributed by atoms with Gasteiger partial charge < -0.3 is 14.2 Å². The molecule has 190 valence electrons. The summed E-state index contributed by atoms with van der Waals surface area (Å²) in [6, 6.07) is 17.1. The third-order valence-electron chi connectivity index (χ3n) is 6.24. The highest BCUT2D eigenvalue weighted by molar-refractivity contribution is 6.00. The quantitative estimate of drug-likeness (QED) is 0.237. The van der Waals surface area contributed by atoms with E-state index in [1.807, 2.05) is 61.6 Å². The van der Waals surface area contributed by atoms with Crippen molar-refractivity contribution < 1.29 is 14.0 Å². The molecule has 0 saturated carbocycles. The van der Waals surface area contributed by atoms with E-state index in [1.165, 1.54) is 6.21 Å². The number of guanidine groups is 1. The van der Waals surface area contributed by atoms with Crippen molar-refractivity contribution in [3.05, 3.63) is 65.9 Å². The lowest BCUT2D eigenvalue weighted by molar-refractivity contribution is -0.140. The van der Waals surface area contributed by atoms with Crippen molar-refractivity contribution in [2.24, 2.45) is 15.9 Å². The summed E-state index contributed by atoms with van der Waals surface area (Å²) < 4.78 is 5.59. The van der Waals surface area contributed by atoms with E-state index >= 15 is 0 Å². The number of amides is 2. The smallest absolute Gasteiger partial charge is 0.242 e. The molecule has 9 heteroatoms. The number of hydrogen-bond acceptors (Lipinski definition) is 5. The topological polar surface area (TPSA) is 114 Å². The van der Waals surface area contributed by atoms with E-state index in [0.717, 1.165) is 35.1 Å². The van der Waals surface area contributed by atoms with Gasteiger partial charge in [0.15, 0.2) is 6.19 Å². The maximum atomic E-state index is 13.3. The molecule has 37 heavy (non-hydrogen) atoms. The number of rotatable bonds is 6. The number of likely N-dealkylation sites (N-methyl/N-ethyl adjacent to an activating group) is 1. The Morgan fingerprint density at radius 2 is 2.05 bits per heavy atom. The van der Waals surface area contributed by atoms with Crippen molar-refractivity contribution in [1.29, 1.82) is 5.26 Å². The Kier molecular flexibility index (Phi) is 8.31. The predicted molar refractivity (Wildman–Crippen MR) is 142 cm³/mol. The fraction of sp³-hybridized carbons (Fsp3) is 0.321. The molecule has 2 heterocycles. The third kappa shape index (κ3) is 6.82. The van der Waals surface area contributed by atoms with Gasteiger partial charge in [-0.25, -0.2) is 9.98 Å². The van der Waals surface area contributed by atoms with Crippen LogP contribution < -0.4 is 5.32 Å². The number of likely N-dealkylation sites (tertiary alicyclic amines) is 1. The molecule has 2 aromatic carbocycles. The van der Waals surface area contributed by atoms with E-state index in [1.54, 1.807) is 22.9 Å². The number of nitriles is 1. The average molecular weight is 499 g/mol. The van der Waals surface area contributed by atoms with Crippen LogP contribution in [-0.4, -0.2) is 53.9 Å². The maximum absolute atomic E-state index is 13.3. The fourth-order valence-corrected chi connectivity index (χ4v) is 4.31. The number of benzene rings is 2. The largest absolute Gasteiger partial charge is 0.461 e. The predicted octanol–water partition coefficient (Wildman–Crippen LogP) is 4.16. The summed E-state index contributed by atoms with van der Waals surface area (Å²) in [7, 11) is 1.75. The zero-order valence-corrected chi connectivity index (χ0v) is 21.1. The molecule has 0 aliphatic carbocycles. The second kappa shape index (κ2) is 12.0. The van der Waals surface area contributed by atoms with Gasteiger partial charge in [-0.15, -0.1) is 0 Å². The summed E-state index contributed by atoms with van der Waals surface area (Å²) in [6.45, 7) is 2.90. The van der Waals surface area contributed by atoms with Crippen LogP contribution in [0.3, 0.4) is 0 Å². The first-order chi connectivity index (χ1) is 17.9. The SMILES string of the molecule is Cc1cc2cc(N=C(/N=C\C3CCCCN(CC(=O)N(C)Cc4ccccc4)C3=O)NC#N)ccc2o1. The van der Waals surface area contributed by atoms with E-state index in [-0.39, 0.29) is 24.3 Å². The zero-order valence-electron chi connectivity index (χ0n) is 21.1. The minimum absolute atomic E-state index is 0.0219. The highest BCUT2D eigenvalue weighted by Gasteiger charge is 2.28. The molecule has 0 bridgehead atoms. The molecule has 1 unspecified atom stereocenters. The number of fused-ring (bicyclic) bond motifs is 1. The van der Waals surface area contributed by atoms with Gasteiger partial charge in [0, 0.05) is 31.7 Å². The normalized spacial score (nSPS) is 16.6. The second-order valence-corrected chi connectivity index (χ2v) is 9.13. The Hall–Kier alpha value is -4.45. The molecule has 4 rings (SSSR count). The van der Waals surface area contributed by atoms with Crippen LogP contribution in [0.5, 0.6) is 0 Å². The summed E-state index contributed by atoms with van der Waals surface area (Å²) >= 11 is 0. The second-order valence-electron chi connectivity index (χ2n) is 9.13. The Morgan fingerprint density at radius 3 is 2.84 bits per heavy atom. The van der Waals surface area contributed by atoms with Crippen LogP contribution in [0.15, 0.2) is 69.0 Å². The standard InChI is InChI=1S/C28H30N6O3/c1-20-14-23-15-24(11-12-25(23)37-20)32-28(31-19-29)30-16-22-10-6-7-13-34(27(22)36)18-26(35)33(2)17-21-8-4-3-5-9-21/h3-5,8-9,11-12,14-16,22H,6-7,10,13,17-18H2,1-2H3,(H,31,32)/b30-16-. The van der Waals surface area contributed by atoms with Gasteiger partial charge in [-0.2, -0.15) is 5.26 Å². The first kappa shape index (κ1) is 25.6. The summed E-state index contributed by atoms with van der Waals surface area (Å²) in [4.78, 5) is 38.1. The average Bonchev–Trinajstić information content (AvgIpc) is 3.17. The first-order valence-corrected chi connectivity index (χ1v) is 12.3. The minimum Gasteiger partial charge on any atom is -0.461 e. The molecule has 1 atom stereocenters. The van der Waals surface area contributed by atoms with Gasteiger partial charge in [0.25, 0.3) is 0 Å². The van der Waals surface area contributed by atoms with Crippen molar-refractivity contribution in [2.45, 2.75) is 32.7 Å². The number of furan rings is 1. The molecule has 1 aliphatic heterocycles. The van der Waals surface area contributed by atoms with E-state index in [0.29, 0.717) is 25.2 Å². The molecule has 1 aliphatic rings. The Morgan fingerprint density at radius 1 is 1.24 bits per heavy atom. The number of nitrogens with one attached hydrogen (secondary N) is 1. The van der Waals surface area contributed by atoms with E-state index in [9.17, 15) is 14.9 Å². The molecule has 2 amide bonds. The van der Waals surface area contributed by atoms with Crippen LogP contribution in [-0.2, 0) is 16.1 Å². The van der Waals surface area contributed by atoms with Gasteiger partial charge >= 0.3 is 0 Å². The Labute approximate surface area is 216 Å². The molecule has 0 spiro atoms. The van der Waals surface area contributed by atoms with Crippen molar-refractivity contribution >= 4 is 40.6 Å². The zero-order chi connectivity index (χ0) is 26.2. The lowest BCUT2D eigenvalue weighted by Gasteiger charge is -2.25. The maximum Gasteiger partial charge on any atom is 0.242 e. The van der Waals surface area contributed by atoms with Crippen LogP contribution in [0.1, 0.15) is 30.6 Å². The molecular formula is C28H30N6O3. The number of carbonyl (C=O) groups is 2. The van der Waals surface area contributed by atoms with Gasteiger partial charge in [-0.05, 0) is 49.6 Å². The van der Waals surface area contributed by atoms with Crippen LogP contribution in [0.25, 0.3) is 11.0 Å². The summed E-state index contributed by atoms with van der Waals surface area (Å²) in [5, 5.41) is 12.6. The van der Waals surface area contributed by atoms with E-state index in [4.69, 9.17) is 4.42 Å². The van der Waals surface area contributed by atoms with Crippen LogP contribution in [0.2, 0.25) is 0 Å². The minimum atomic E-state index is -0.501. The fourth-order valence-electron chi connectivity index (χ4n) is 4.31. The number of hydrogen-bond donors (Lipinski definition) is 1. The first-order valence-electron chi connectivity index (χ1n) is 12.3. The van der Waals surface area contributed by atoms with Gasteiger partial charge in [0.2, 0.25) is 17.8 Å². The van der Waals surface area contributed by atoms with Crippen LogP contribution in [0, 0.1) is 24.3 Å². The van der Waals surface area contributed by atoms with Gasteiger partial charge in [-0.3, -0.25) is 14.9 Å². The monoisotopic (exact) mass is 498 g/mol. The Balaban J connectivity index is 1.44. The molecule has 1 N–H and O–H groups in total. The lowest BCUT2D eigenvalue weighted by Crippen LogP contribution is -2.43. The highest BCUT2D eigenvalue weighted by Crippen LogP contribution is 2.24. The molecule has 1 fully saturated rings. The molecule has 9 nitrogen and oxygen atoms in total. The van der Waals surface area contributed by atoms with Crippen LogP contribution in [0.4, 0.5) is 5.69 Å². The lowest BCUT2D eigenvalue weighted by atomic mass is 10.0. The van der Waals surface area contributed by atoms with Crippen molar-refractivity contribution in [3.63, 3.8) is 0 Å². The molecule has 1 aromatic heterocycles. The van der Waals surface area contributed by atoms with Gasteiger partial charge in [0.1, 0.15) is 11.3 Å². The van der Waals surface area contributed by atoms with E-state index in [2.05, 4.69) is 15.3 Å². The van der Waals surface area contributed by atoms with Gasteiger partial charge in [-0.1, -0.05) is 36.8 Å².